The van der Waals surface area contributed by atoms with Crippen molar-refractivity contribution in [3.63, 3.8) is 0 Å². The Hall–Kier alpha value is -2.01. The molecule has 106 valence electrons. The number of hydrogen-bond acceptors (Lipinski definition) is 3. The number of nitrogens with two attached hydrogens (primary N) is 1. The van der Waals surface area contributed by atoms with Gasteiger partial charge in [0.15, 0.2) is 0 Å². The van der Waals surface area contributed by atoms with Crippen molar-refractivity contribution in [3.8, 4) is 0 Å². The normalized spacial score (nSPS) is 11.3. The Bertz CT molecular complexity index is 735. The summed E-state index contributed by atoms with van der Waals surface area (Å²) < 4.78 is 27.2. The smallest absolute Gasteiger partial charge is 0.261 e. The lowest BCUT2D eigenvalue weighted by atomic mass is 10.1. The molecule has 0 fully saturated rings. The van der Waals surface area contributed by atoms with Gasteiger partial charge in [0.25, 0.3) is 10.0 Å². The second-order valence-electron chi connectivity index (χ2n) is 4.89. The van der Waals surface area contributed by atoms with Crippen molar-refractivity contribution in [2.75, 3.05) is 10.5 Å². The fourth-order valence-electron chi connectivity index (χ4n) is 1.90. The molecule has 0 saturated carbocycles. The molecule has 3 N–H and O–H groups in total. The summed E-state index contributed by atoms with van der Waals surface area (Å²) in [5.74, 6) is 0. The zero-order valence-corrected chi connectivity index (χ0v) is 12.6. The zero-order valence-electron chi connectivity index (χ0n) is 11.8. The first-order chi connectivity index (χ1) is 9.31. The second-order valence-corrected chi connectivity index (χ2v) is 6.57. The van der Waals surface area contributed by atoms with E-state index in [9.17, 15) is 8.42 Å². The highest BCUT2D eigenvalue weighted by Gasteiger charge is 2.16. The molecule has 0 saturated heterocycles. The van der Waals surface area contributed by atoms with E-state index in [2.05, 4.69) is 4.72 Å². The molecule has 2 aromatic rings. The van der Waals surface area contributed by atoms with Crippen LogP contribution in [0.5, 0.6) is 0 Å². The van der Waals surface area contributed by atoms with E-state index < -0.39 is 10.0 Å². The van der Waals surface area contributed by atoms with Gasteiger partial charge in [-0.15, -0.1) is 0 Å². The minimum absolute atomic E-state index is 0.238. The Kier molecular flexibility index (Phi) is 3.72. The first kappa shape index (κ1) is 14.4. The molecule has 0 aliphatic rings. The number of rotatable bonds is 3. The maximum atomic E-state index is 12.3. The zero-order chi connectivity index (χ0) is 14.9. The van der Waals surface area contributed by atoms with Gasteiger partial charge in [-0.3, -0.25) is 4.72 Å². The van der Waals surface area contributed by atoms with Crippen LogP contribution in [0.4, 0.5) is 11.4 Å². The van der Waals surface area contributed by atoms with Crippen LogP contribution in [0, 0.1) is 20.8 Å². The van der Waals surface area contributed by atoms with Gasteiger partial charge in [0.05, 0.1) is 10.6 Å². The molecule has 0 aliphatic carbocycles. The first-order valence-electron chi connectivity index (χ1n) is 6.26. The Morgan fingerprint density at radius 3 is 2.15 bits per heavy atom. The van der Waals surface area contributed by atoms with Gasteiger partial charge in [0.1, 0.15) is 0 Å². The molecule has 0 atom stereocenters. The van der Waals surface area contributed by atoms with Gasteiger partial charge < -0.3 is 5.73 Å². The van der Waals surface area contributed by atoms with E-state index in [0.29, 0.717) is 11.4 Å². The summed E-state index contributed by atoms with van der Waals surface area (Å²) in [6, 6.07) is 10.2. The second kappa shape index (κ2) is 5.17. The molecule has 0 spiro atoms. The Morgan fingerprint density at radius 2 is 1.55 bits per heavy atom. The SMILES string of the molecule is Cc1ccc(S(=O)(=O)Nc2ccc(C)c(N)c2C)cc1. The lowest BCUT2D eigenvalue weighted by Gasteiger charge is -2.13. The van der Waals surface area contributed by atoms with Gasteiger partial charge in [0.2, 0.25) is 0 Å². The van der Waals surface area contributed by atoms with Gasteiger partial charge in [-0.25, -0.2) is 8.42 Å². The van der Waals surface area contributed by atoms with Gasteiger partial charge in [-0.2, -0.15) is 0 Å². The highest BCUT2D eigenvalue weighted by molar-refractivity contribution is 7.92. The summed E-state index contributed by atoms with van der Waals surface area (Å²) in [7, 11) is -3.59. The fraction of sp³-hybridized carbons (Fsp3) is 0.200. The minimum Gasteiger partial charge on any atom is -0.398 e. The third kappa shape index (κ3) is 2.77. The Balaban J connectivity index is 2.38. The van der Waals surface area contributed by atoms with Crippen LogP contribution in [-0.4, -0.2) is 8.42 Å². The number of nitrogens with one attached hydrogen (secondary N) is 1. The highest BCUT2D eigenvalue weighted by atomic mass is 32.2. The van der Waals surface area contributed by atoms with Crippen LogP contribution in [0.2, 0.25) is 0 Å². The summed E-state index contributed by atoms with van der Waals surface area (Å²) >= 11 is 0. The van der Waals surface area contributed by atoms with Crippen molar-refractivity contribution >= 4 is 21.4 Å². The molecular formula is C15H18N2O2S. The van der Waals surface area contributed by atoms with Crippen LogP contribution in [0.1, 0.15) is 16.7 Å². The van der Waals surface area contributed by atoms with Gasteiger partial charge >= 0.3 is 0 Å². The average Bonchev–Trinajstić information content (AvgIpc) is 2.40. The molecule has 0 amide bonds. The minimum atomic E-state index is -3.59. The third-order valence-corrected chi connectivity index (χ3v) is 4.69. The van der Waals surface area contributed by atoms with E-state index >= 15 is 0 Å². The molecule has 20 heavy (non-hydrogen) atoms. The standard InChI is InChI=1S/C15H18N2O2S/c1-10-4-7-13(8-5-10)20(18,19)17-14-9-6-11(2)15(16)12(14)3/h4-9,17H,16H2,1-3H3. The van der Waals surface area contributed by atoms with Crippen molar-refractivity contribution in [1.82, 2.24) is 0 Å². The Morgan fingerprint density at radius 1 is 0.950 bits per heavy atom. The summed E-state index contributed by atoms with van der Waals surface area (Å²) in [6.45, 7) is 5.60. The van der Waals surface area contributed by atoms with Crippen LogP contribution in [0.3, 0.4) is 0 Å². The summed E-state index contributed by atoms with van der Waals surface area (Å²) in [5, 5.41) is 0. The lowest BCUT2D eigenvalue weighted by Crippen LogP contribution is -2.14. The van der Waals surface area contributed by atoms with Crippen molar-refractivity contribution in [1.29, 1.82) is 0 Å². The molecule has 0 aliphatic heterocycles. The maximum Gasteiger partial charge on any atom is 0.261 e. The van der Waals surface area contributed by atoms with Crippen molar-refractivity contribution in [3.05, 3.63) is 53.1 Å². The molecule has 0 unspecified atom stereocenters. The van der Waals surface area contributed by atoms with Crippen LogP contribution in [0.15, 0.2) is 41.3 Å². The van der Waals surface area contributed by atoms with E-state index in [1.165, 1.54) is 0 Å². The average molecular weight is 290 g/mol. The van der Waals surface area contributed by atoms with Gasteiger partial charge in [0, 0.05) is 5.69 Å². The molecule has 4 nitrogen and oxygen atoms in total. The van der Waals surface area contributed by atoms with E-state index in [1.54, 1.807) is 43.3 Å². The monoisotopic (exact) mass is 290 g/mol. The molecule has 5 heteroatoms. The van der Waals surface area contributed by atoms with E-state index in [4.69, 9.17) is 5.73 Å². The van der Waals surface area contributed by atoms with E-state index in [-0.39, 0.29) is 4.90 Å². The quantitative estimate of drug-likeness (QED) is 0.854. The van der Waals surface area contributed by atoms with Gasteiger partial charge in [-0.1, -0.05) is 23.8 Å². The summed E-state index contributed by atoms with van der Waals surface area (Å²) in [5.41, 5.74) is 9.72. The lowest BCUT2D eigenvalue weighted by molar-refractivity contribution is 0.601. The van der Waals surface area contributed by atoms with Crippen molar-refractivity contribution in [2.45, 2.75) is 25.7 Å². The number of hydrogen-bond donors (Lipinski definition) is 2. The summed E-state index contributed by atoms with van der Waals surface area (Å²) in [4.78, 5) is 0.238. The molecule has 0 bridgehead atoms. The fourth-order valence-corrected chi connectivity index (χ4v) is 3.02. The topological polar surface area (TPSA) is 72.2 Å². The van der Waals surface area contributed by atoms with Crippen LogP contribution in [0.25, 0.3) is 0 Å². The van der Waals surface area contributed by atoms with E-state index in [1.807, 2.05) is 13.8 Å². The molecule has 0 aromatic heterocycles. The number of anilines is 2. The van der Waals surface area contributed by atoms with Crippen LogP contribution in [-0.2, 0) is 10.0 Å². The number of aryl methyl sites for hydroxylation is 2. The van der Waals surface area contributed by atoms with E-state index in [0.717, 1.165) is 16.7 Å². The van der Waals surface area contributed by atoms with Crippen molar-refractivity contribution in [2.24, 2.45) is 0 Å². The highest BCUT2D eigenvalue weighted by Crippen LogP contribution is 2.26. The van der Waals surface area contributed by atoms with Crippen molar-refractivity contribution < 1.29 is 8.42 Å². The Labute approximate surface area is 119 Å². The maximum absolute atomic E-state index is 12.3. The molecule has 2 aromatic carbocycles. The molecule has 0 radical (unpaired) electrons. The van der Waals surface area contributed by atoms with Gasteiger partial charge in [-0.05, 0) is 50.1 Å². The largest absolute Gasteiger partial charge is 0.398 e. The predicted octanol–water partition coefficient (Wildman–Crippen LogP) is 2.99. The summed E-state index contributed by atoms with van der Waals surface area (Å²) in [6.07, 6.45) is 0. The number of nitrogen functional groups attached to an aromatic ring is 1. The third-order valence-electron chi connectivity index (χ3n) is 3.31. The first-order valence-corrected chi connectivity index (χ1v) is 7.75. The number of benzene rings is 2. The van der Waals surface area contributed by atoms with Crippen LogP contribution < -0.4 is 10.5 Å². The van der Waals surface area contributed by atoms with Crippen LogP contribution >= 0.6 is 0 Å². The molecule has 2 rings (SSSR count). The molecule has 0 heterocycles. The predicted molar refractivity (Wildman–Crippen MR) is 82.3 cm³/mol. The number of sulfonamides is 1. The molecular weight excluding hydrogens is 272 g/mol.